The topological polar surface area (TPSA) is 21.3 Å². The van der Waals surface area contributed by atoms with Gasteiger partial charge in [-0.25, -0.2) is 0 Å². The van der Waals surface area contributed by atoms with Crippen LogP contribution in [0.2, 0.25) is 0 Å². The summed E-state index contributed by atoms with van der Waals surface area (Å²) in [5, 5.41) is 3.48. The van der Waals surface area contributed by atoms with Crippen molar-refractivity contribution in [3.05, 3.63) is 0 Å². The Bertz CT molecular complexity index is 117. The van der Waals surface area contributed by atoms with Crippen LogP contribution in [0.3, 0.4) is 0 Å². The molecule has 0 atom stereocenters. The predicted octanol–water partition coefficient (Wildman–Crippen LogP) is 2.48. The minimum Gasteiger partial charge on any atom is -0.471 e. The highest BCUT2D eigenvalue weighted by atomic mass is 32.1. The number of unbranched alkanes of at least 4 members (excludes halogenated alkanes) is 3. The molecule has 0 amide bonds. The first-order valence-corrected chi connectivity index (χ1v) is 5.12. The van der Waals surface area contributed by atoms with E-state index in [-0.39, 0.29) is 0 Å². The van der Waals surface area contributed by atoms with Crippen LogP contribution in [-0.4, -0.2) is 18.3 Å². The van der Waals surface area contributed by atoms with Gasteiger partial charge in [-0.2, -0.15) is 0 Å². The summed E-state index contributed by atoms with van der Waals surface area (Å²) in [5.74, 6) is 0. The number of nitrogens with one attached hydrogen (secondary N) is 1. The molecule has 0 fully saturated rings. The second-order valence-corrected chi connectivity index (χ2v) is 3.10. The zero-order valence-corrected chi connectivity index (χ0v) is 8.88. The molecule has 0 aliphatic rings. The van der Waals surface area contributed by atoms with Crippen molar-refractivity contribution in [3.8, 4) is 0 Å². The number of ether oxygens (including phenoxy) is 1. The van der Waals surface area contributed by atoms with Gasteiger partial charge in [0, 0.05) is 6.54 Å². The maximum absolute atomic E-state index is 5.25. The van der Waals surface area contributed by atoms with E-state index in [1.54, 1.807) is 0 Å². The molecular formula is C9H19NOS. The summed E-state index contributed by atoms with van der Waals surface area (Å²) in [5.41, 5.74) is 0. The highest BCUT2D eigenvalue weighted by Crippen LogP contribution is 1.98. The third-order valence-electron chi connectivity index (χ3n) is 1.55. The van der Waals surface area contributed by atoms with E-state index in [0.717, 1.165) is 19.6 Å². The first-order valence-electron chi connectivity index (χ1n) is 4.71. The molecule has 0 aliphatic carbocycles. The van der Waals surface area contributed by atoms with E-state index in [1.807, 2.05) is 6.92 Å². The van der Waals surface area contributed by atoms with E-state index in [1.165, 1.54) is 19.3 Å². The molecule has 0 aromatic heterocycles. The summed E-state index contributed by atoms with van der Waals surface area (Å²) >= 11 is 4.90. The van der Waals surface area contributed by atoms with Gasteiger partial charge in [-0.1, -0.05) is 26.2 Å². The Morgan fingerprint density at radius 2 is 2.00 bits per heavy atom. The third-order valence-corrected chi connectivity index (χ3v) is 1.81. The summed E-state index contributed by atoms with van der Waals surface area (Å²) in [6.07, 6.45) is 4.90. The van der Waals surface area contributed by atoms with Crippen molar-refractivity contribution in [2.45, 2.75) is 39.5 Å². The first-order chi connectivity index (χ1) is 5.81. The molecule has 3 heteroatoms. The number of rotatable bonds is 6. The third kappa shape index (κ3) is 7.79. The summed E-state index contributed by atoms with van der Waals surface area (Å²) in [7, 11) is 0. The van der Waals surface area contributed by atoms with Crippen molar-refractivity contribution in [1.82, 2.24) is 5.32 Å². The monoisotopic (exact) mass is 189 g/mol. The second kappa shape index (κ2) is 8.78. The van der Waals surface area contributed by atoms with E-state index >= 15 is 0 Å². The molecule has 0 saturated heterocycles. The SMILES string of the molecule is CCCCCCOC(=S)NCC. The van der Waals surface area contributed by atoms with Gasteiger partial charge >= 0.3 is 0 Å². The molecule has 0 spiro atoms. The van der Waals surface area contributed by atoms with Crippen LogP contribution in [-0.2, 0) is 4.74 Å². The zero-order chi connectivity index (χ0) is 9.23. The molecule has 0 heterocycles. The van der Waals surface area contributed by atoms with Crippen molar-refractivity contribution in [2.75, 3.05) is 13.2 Å². The van der Waals surface area contributed by atoms with Gasteiger partial charge < -0.3 is 10.1 Å². The molecule has 0 rings (SSSR count). The molecule has 0 saturated carbocycles. The predicted molar refractivity (Wildman–Crippen MR) is 56.4 cm³/mol. The van der Waals surface area contributed by atoms with Gasteiger partial charge in [-0.3, -0.25) is 0 Å². The van der Waals surface area contributed by atoms with Crippen molar-refractivity contribution in [1.29, 1.82) is 0 Å². The van der Waals surface area contributed by atoms with Crippen molar-refractivity contribution >= 4 is 17.4 Å². The quantitative estimate of drug-likeness (QED) is 0.512. The van der Waals surface area contributed by atoms with Crippen LogP contribution in [0.5, 0.6) is 0 Å². The van der Waals surface area contributed by atoms with Gasteiger partial charge in [0.15, 0.2) is 0 Å². The van der Waals surface area contributed by atoms with Crippen LogP contribution in [0.1, 0.15) is 39.5 Å². The molecule has 1 N–H and O–H groups in total. The van der Waals surface area contributed by atoms with E-state index in [0.29, 0.717) is 5.17 Å². The molecule has 0 radical (unpaired) electrons. The maximum atomic E-state index is 5.25. The van der Waals surface area contributed by atoms with Gasteiger partial charge in [-0.05, 0) is 25.6 Å². The lowest BCUT2D eigenvalue weighted by molar-refractivity contribution is 0.288. The van der Waals surface area contributed by atoms with Crippen molar-refractivity contribution < 1.29 is 4.74 Å². The standard InChI is InChI=1S/C9H19NOS/c1-3-5-6-7-8-11-9(12)10-4-2/h3-8H2,1-2H3,(H,10,12). The minimum absolute atomic E-state index is 0.536. The fourth-order valence-corrected chi connectivity index (χ4v) is 1.12. The Morgan fingerprint density at radius 3 is 2.58 bits per heavy atom. The highest BCUT2D eigenvalue weighted by Gasteiger charge is 1.93. The van der Waals surface area contributed by atoms with Crippen molar-refractivity contribution in [3.63, 3.8) is 0 Å². The number of thiocarbonyl (C=S) groups is 1. The van der Waals surface area contributed by atoms with Gasteiger partial charge in [0.2, 0.25) is 0 Å². The molecule has 2 nitrogen and oxygen atoms in total. The van der Waals surface area contributed by atoms with E-state index < -0.39 is 0 Å². The average Bonchev–Trinajstić information content (AvgIpc) is 2.05. The van der Waals surface area contributed by atoms with Crippen LogP contribution < -0.4 is 5.32 Å². The Morgan fingerprint density at radius 1 is 1.25 bits per heavy atom. The molecule has 0 aromatic carbocycles. The molecule has 12 heavy (non-hydrogen) atoms. The van der Waals surface area contributed by atoms with Gasteiger partial charge in [0.25, 0.3) is 5.17 Å². The Balaban J connectivity index is 3.03. The number of hydrogen-bond acceptors (Lipinski definition) is 2. The summed E-state index contributed by atoms with van der Waals surface area (Å²) in [6.45, 7) is 5.80. The van der Waals surface area contributed by atoms with E-state index in [9.17, 15) is 0 Å². The van der Waals surface area contributed by atoms with Crippen LogP contribution in [0.15, 0.2) is 0 Å². The molecule has 0 aliphatic heterocycles. The Labute approximate surface area is 80.7 Å². The number of hydrogen-bond donors (Lipinski definition) is 1. The van der Waals surface area contributed by atoms with E-state index in [4.69, 9.17) is 17.0 Å². The maximum Gasteiger partial charge on any atom is 0.256 e. The normalized spacial score (nSPS) is 9.50. The minimum atomic E-state index is 0.536. The van der Waals surface area contributed by atoms with Crippen LogP contribution in [0.25, 0.3) is 0 Å². The highest BCUT2D eigenvalue weighted by molar-refractivity contribution is 7.80. The lowest BCUT2D eigenvalue weighted by Gasteiger charge is -2.07. The lowest BCUT2D eigenvalue weighted by Crippen LogP contribution is -2.23. The molecule has 72 valence electrons. The largest absolute Gasteiger partial charge is 0.471 e. The zero-order valence-electron chi connectivity index (χ0n) is 8.06. The summed E-state index contributed by atoms with van der Waals surface area (Å²) < 4.78 is 5.25. The molecule has 0 bridgehead atoms. The fraction of sp³-hybridized carbons (Fsp3) is 0.889. The first kappa shape index (κ1) is 11.7. The van der Waals surface area contributed by atoms with E-state index in [2.05, 4.69) is 12.2 Å². The van der Waals surface area contributed by atoms with Crippen LogP contribution in [0, 0.1) is 0 Å². The van der Waals surface area contributed by atoms with Crippen molar-refractivity contribution in [2.24, 2.45) is 0 Å². The summed E-state index contributed by atoms with van der Waals surface area (Å²) in [4.78, 5) is 0. The van der Waals surface area contributed by atoms with Gasteiger partial charge in [0.1, 0.15) is 0 Å². The lowest BCUT2D eigenvalue weighted by atomic mass is 10.2. The molecular weight excluding hydrogens is 170 g/mol. The summed E-state index contributed by atoms with van der Waals surface area (Å²) in [6, 6.07) is 0. The Hall–Kier alpha value is -0.310. The molecule has 0 unspecified atom stereocenters. The smallest absolute Gasteiger partial charge is 0.256 e. The second-order valence-electron chi connectivity index (χ2n) is 2.73. The van der Waals surface area contributed by atoms with Gasteiger partial charge in [-0.15, -0.1) is 0 Å². The van der Waals surface area contributed by atoms with Crippen LogP contribution in [0.4, 0.5) is 0 Å². The fourth-order valence-electron chi connectivity index (χ4n) is 0.889. The van der Waals surface area contributed by atoms with Crippen LogP contribution >= 0.6 is 12.2 Å². The van der Waals surface area contributed by atoms with Gasteiger partial charge in [0.05, 0.1) is 6.61 Å². The Kier molecular flexibility index (Phi) is 8.56. The average molecular weight is 189 g/mol. The molecule has 0 aromatic rings.